The van der Waals surface area contributed by atoms with Gasteiger partial charge < -0.3 is 9.09 Å². The number of alkyl halides is 2. The van der Waals surface area contributed by atoms with Gasteiger partial charge >= 0.3 is 6.43 Å². The van der Waals surface area contributed by atoms with Crippen LogP contribution in [0.15, 0.2) is 51.9 Å². The molecule has 0 spiro atoms. The van der Waals surface area contributed by atoms with Gasteiger partial charge in [-0.15, -0.1) is 0 Å². The first-order valence-electron chi connectivity index (χ1n) is 7.10. The Kier molecular flexibility index (Phi) is 4.91. The van der Waals surface area contributed by atoms with Crippen molar-refractivity contribution in [2.24, 2.45) is 0 Å². The maximum Gasteiger partial charge on any atom is 0.315 e. The molecule has 0 N–H and O–H groups in total. The molecule has 0 fully saturated rings. The van der Waals surface area contributed by atoms with Crippen molar-refractivity contribution in [2.75, 3.05) is 0 Å². The van der Waals surface area contributed by atoms with Crippen LogP contribution in [-0.4, -0.2) is 14.7 Å². The first-order chi connectivity index (χ1) is 12.0. The molecule has 3 rings (SSSR count). The molecule has 0 radical (unpaired) electrons. The summed E-state index contributed by atoms with van der Waals surface area (Å²) in [6.45, 7) is 0.167. The summed E-state index contributed by atoms with van der Waals surface area (Å²) in [6.07, 6.45) is -1.37. The Hall–Kier alpha value is -2.98. The van der Waals surface area contributed by atoms with E-state index in [4.69, 9.17) is 11.6 Å². The Morgan fingerprint density at radius 1 is 1.28 bits per heavy atom. The minimum atomic E-state index is -2.86. The number of rotatable bonds is 3. The number of benzene rings is 1. The summed E-state index contributed by atoms with van der Waals surface area (Å²) in [6, 6.07) is 9.82. The van der Waals surface area contributed by atoms with E-state index in [2.05, 4.69) is 26.5 Å². The molecule has 0 atom stereocenters. The van der Waals surface area contributed by atoms with Crippen molar-refractivity contribution >= 4 is 11.6 Å². The van der Waals surface area contributed by atoms with E-state index in [1.807, 2.05) is 6.07 Å². The Morgan fingerprint density at radius 3 is 2.80 bits per heavy atom. The van der Waals surface area contributed by atoms with Crippen LogP contribution in [0.1, 0.15) is 17.9 Å². The lowest BCUT2D eigenvalue weighted by Crippen LogP contribution is -2.17. The van der Waals surface area contributed by atoms with E-state index in [1.54, 1.807) is 18.2 Å². The van der Waals surface area contributed by atoms with Crippen molar-refractivity contribution in [3.63, 3.8) is 0 Å². The molecule has 0 aliphatic carbocycles. The quantitative estimate of drug-likeness (QED) is 0.669. The van der Waals surface area contributed by atoms with Crippen LogP contribution >= 0.6 is 11.6 Å². The molecular weight excluding hydrogens is 352 g/mol. The largest absolute Gasteiger partial charge is 0.333 e. The number of pyridine rings is 1. The smallest absolute Gasteiger partial charge is 0.315 e. The van der Waals surface area contributed by atoms with Crippen molar-refractivity contribution in [1.29, 1.82) is 0 Å². The highest BCUT2D eigenvalue weighted by Gasteiger charge is 2.17. The van der Waals surface area contributed by atoms with Gasteiger partial charge in [-0.2, -0.15) is 13.8 Å². The van der Waals surface area contributed by atoms with E-state index in [0.29, 0.717) is 10.6 Å². The molecule has 0 unspecified atom stereocenters. The predicted octanol–water partition coefficient (Wildman–Crippen LogP) is 3.54. The second kappa shape index (κ2) is 7.28. The molecule has 3 aromatic rings. The Bertz CT molecular complexity index is 1020. The van der Waals surface area contributed by atoms with Crippen LogP contribution in [0.3, 0.4) is 0 Å². The average molecular weight is 362 g/mol. The lowest BCUT2D eigenvalue weighted by Gasteiger charge is -2.00. The standard InChI is InChI=1S/C17H10ClF2N3O2/c18-13-5-1-3-11(9-13)4-2-7-23-8-6-12(10-14(23)24)16-21-17(15(19)20)25-22-16/h1,3,5-6,8-10,15H,7H2. The average Bonchev–Trinajstić information content (AvgIpc) is 3.07. The number of aromatic nitrogens is 3. The molecule has 126 valence electrons. The third-order valence-electron chi connectivity index (χ3n) is 3.19. The lowest BCUT2D eigenvalue weighted by molar-refractivity contribution is 0.106. The van der Waals surface area contributed by atoms with Gasteiger partial charge in [0.1, 0.15) is 0 Å². The van der Waals surface area contributed by atoms with Gasteiger partial charge in [0.05, 0.1) is 6.54 Å². The van der Waals surface area contributed by atoms with Crippen molar-refractivity contribution < 1.29 is 13.3 Å². The topological polar surface area (TPSA) is 60.9 Å². The van der Waals surface area contributed by atoms with E-state index in [0.717, 1.165) is 5.56 Å². The minimum absolute atomic E-state index is 0.0652. The summed E-state index contributed by atoms with van der Waals surface area (Å²) in [5, 5.41) is 4.01. The van der Waals surface area contributed by atoms with E-state index >= 15 is 0 Å². The molecule has 0 saturated carbocycles. The molecule has 2 aromatic heterocycles. The van der Waals surface area contributed by atoms with E-state index in [1.165, 1.54) is 22.9 Å². The van der Waals surface area contributed by atoms with Crippen LogP contribution < -0.4 is 5.56 Å². The predicted molar refractivity (Wildman–Crippen MR) is 87.3 cm³/mol. The van der Waals surface area contributed by atoms with Crippen molar-refractivity contribution in [2.45, 2.75) is 13.0 Å². The third-order valence-corrected chi connectivity index (χ3v) is 3.42. The molecule has 0 aliphatic heterocycles. The second-order valence-corrected chi connectivity index (χ2v) is 5.39. The van der Waals surface area contributed by atoms with Crippen LogP contribution in [-0.2, 0) is 6.54 Å². The molecule has 1 aromatic carbocycles. The van der Waals surface area contributed by atoms with Crippen LogP contribution in [0.25, 0.3) is 11.4 Å². The highest BCUT2D eigenvalue weighted by Crippen LogP contribution is 2.20. The number of hydrogen-bond donors (Lipinski definition) is 0. The lowest BCUT2D eigenvalue weighted by atomic mass is 10.2. The first kappa shape index (κ1) is 16.9. The zero-order valence-corrected chi connectivity index (χ0v) is 13.4. The van der Waals surface area contributed by atoms with Gasteiger partial charge in [0, 0.05) is 28.4 Å². The highest BCUT2D eigenvalue weighted by molar-refractivity contribution is 6.30. The monoisotopic (exact) mass is 361 g/mol. The Morgan fingerprint density at radius 2 is 2.12 bits per heavy atom. The summed E-state index contributed by atoms with van der Waals surface area (Å²) < 4.78 is 30.7. The maximum absolute atomic E-state index is 12.5. The van der Waals surface area contributed by atoms with Gasteiger partial charge in [-0.3, -0.25) is 4.79 Å². The van der Waals surface area contributed by atoms with E-state index in [9.17, 15) is 13.6 Å². The summed E-state index contributed by atoms with van der Waals surface area (Å²) >= 11 is 5.87. The molecule has 0 amide bonds. The summed E-state index contributed by atoms with van der Waals surface area (Å²) in [4.78, 5) is 15.6. The second-order valence-electron chi connectivity index (χ2n) is 4.95. The van der Waals surface area contributed by atoms with Crippen LogP contribution in [0.5, 0.6) is 0 Å². The van der Waals surface area contributed by atoms with E-state index < -0.39 is 12.3 Å². The SMILES string of the molecule is O=c1cc(-c2noc(C(F)F)n2)ccn1CC#Cc1cccc(Cl)c1. The minimum Gasteiger partial charge on any atom is -0.333 e. The summed E-state index contributed by atoms with van der Waals surface area (Å²) in [7, 11) is 0. The molecule has 25 heavy (non-hydrogen) atoms. The Labute approximate surface area is 145 Å². The molecule has 2 heterocycles. The van der Waals surface area contributed by atoms with Crippen molar-refractivity contribution in [1.82, 2.24) is 14.7 Å². The zero-order valence-electron chi connectivity index (χ0n) is 12.6. The van der Waals surface area contributed by atoms with E-state index in [-0.39, 0.29) is 17.9 Å². The fourth-order valence-corrected chi connectivity index (χ4v) is 2.20. The molecular formula is C17H10ClF2N3O2. The molecule has 0 aliphatic rings. The molecule has 8 heteroatoms. The number of nitrogens with zero attached hydrogens (tertiary/aromatic N) is 3. The molecule has 0 bridgehead atoms. The van der Waals surface area contributed by atoms with Crippen molar-refractivity contribution in [3.8, 4) is 23.2 Å². The van der Waals surface area contributed by atoms with Gasteiger partial charge in [-0.25, -0.2) is 0 Å². The number of halogens is 3. The van der Waals surface area contributed by atoms with Crippen LogP contribution in [0.2, 0.25) is 5.02 Å². The fourth-order valence-electron chi connectivity index (χ4n) is 2.01. The normalized spacial score (nSPS) is 10.6. The summed E-state index contributed by atoms with van der Waals surface area (Å²) in [5.41, 5.74) is 0.671. The fraction of sp³-hybridized carbons (Fsp3) is 0.118. The highest BCUT2D eigenvalue weighted by atomic mass is 35.5. The number of hydrogen-bond acceptors (Lipinski definition) is 4. The van der Waals surface area contributed by atoms with Crippen LogP contribution in [0.4, 0.5) is 8.78 Å². The first-order valence-corrected chi connectivity index (χ1v) is 7.48. The molecule has 5 nitrogen and oxygen atoms in total. The van der Waals surface area contributed by atoms with Gasteiger partial charge in [-0.05, 0) is 24.3 Å². The summed E-state index contributed by atoms with van der Waals surface area (Å²) in [5.74, 6) is 4.92. The van der Waals surface area contributed by atoms with Gasteiger partial charge in [0.15, 0.2) is 0 Å². The molecule has 0 saturated heterocycles. The van der Waals surface area contributed by atoms with Gasteiger partial charge in [0.2, 0.25) is 5.82 Å². The Balaban J connectivity index is 1.77. The zero-order chi connectivity index (χ0) is 17.8. The van der Waals surface area contributed by atoms with Crippen LogP contribution in [0, 0.1) is 11.8 Å². The maximum atomic E-state index is 12.5. The van der Waals surface area contributed by atoms with Gasteiger partial charge in [0.25, 0.3) is 11.4 Å². The van der Waals surface area contributed by atoms with Gasteiger partial charge in [-0.1, -0.05) is 34.7 Å². The van der Waals surface area contributed by atoms with Crippen molar-refractivity contribution in [3.05, 3.63) is 69.4 Å². The third kappa shape index (κ3) is 4.11.